The van der Waals surface area contributed by atoms with Crippen molar-refractivity contribution >= 4 is 5.97 Å². The number of carbonyl (C=O) groups is 1. The van der Waals surface area contributed by atoms with E-state index in [0.717, 1.165) is 0 Å². The van der Waals surface area contributed by atoms with Gasteiger partial charge in [-0.15, -0.1) is 0 Å². The minimum Gasteiger partial charge on any atom is -0.490 e. The van der Waals surface area contributed by atoms with E-state index in [-0.39, 0.29) is 18.8 Å². The molecule has 1 aromatic rings. The molecule has 0 aliphatic carbocycles. The molecule has 1 atom stereocenters. The highest BCUT2D eigenvalue weighted by molar-refractivity contribution is 5.73. The van der Waals surface area contributed by atoms with Crippen molar-refractivity contribution in [1.29, 1.82) is 0 Å². The number of aliphatic carboxylic acids is 1. The predicted octanol–water partition coefficient (Wildman–Crippen LogP) is 1.58. The Hall–Kier alpha value is -1.62. The van der Waals surface area contributed by atoms with Gasteiger partial charge in [0.1, 0.15) is 6.04 Å². The van der Waals surface area contributed by atoms with Gasteiger partial charge in [0, 0.05) is 6.42 Å². The van der Waals surface area contributed by atoms with Gasteiger partial charge in [-0.2, -0.15) is 0 Å². The first-order chi connectivity index (χ1) is 8.06. The van der Waals surface area contributed by atoms with Crippen LogP contribution in [0.1, 0.15) is 12.0 Å². The van der Waals surface area contributed by atoms with Crippen molar-refractivity contribution in [2.45, 2.75) is 19.4 Å². The second-order valence-electron chi connectivity index (χ2n) is 3.70. The number of hydrogen-bond acceptors (Lipinski definition) is 3. The maximum absolute atomic E-state index is 13.5. The van der Waals surface area contributed by atoms with E-state index < -0.39 is 17.8 Å². The summed E-state index contributed by atoms with van der Waals surface area (Å²) < 4.78 is 18.7. The lowest BCUT2D eigenvalue weighted by Crippen LogP contribution is -2.35. The SMILES string of the molecule is CNC(CCOc1cccc(C)c1F)C(=O)O. The van der Waals surface area contributed by atoms with E-state index in [1.165, 1.54) is 6.07 Å². The molecule has 0 amide bonds. The van der Waals surface area contributed by atoms with Crippen LogP contribution < -0.4 is 10.1 Å². The van der Waals surface area contributed by atoms with Gasteiger partial charge in [-0.05, 0) is 25.6 Å². The van der Waals surface area contributed by atoms with Crippen molar-refractivity contribution in [3.8, 4) is 5.75 Å². The fourth-order valence-corrected chi connectivity index (χ4v) is 1.41. The van der Waals surface area contributed by atoms with Crippen molar-refractivity contribution in [3.63, 3.8) is 0 Å². The number of benzene rings is 1. The second-order valence-corrected chi connectivity index (χ2v) is 3.70. The summed E-state index contributed by atoms with van der Waals surface area (Å²) in [4.78, 5) is 10.7. The number of ether oxygens (including phenoxy) is 1. The standard InChI is InChI=1S/C12H16FNO3/c1-8-4-3-5-10(11(8)13)17-7-6-9(14-2)12(15)16/h3-5,9,14H,6-7H2,1-2H3,(H,15,16). The average molecular weight is 241 g/mol. The van der Waals surface area contributed by atoms with Crippen LogP contribution in [0, 0.1) is 12.7 Å². The smallest absolute Gasteiger partial charge is 0.320 e. The first kappa shape index (κ1) is 13.4. The van der Waals surface area contributed by atoms with Gasteiger partial charge in [0.2, 0.25) is 0 Å². The number of rotatable bonds is 6. The lowest BCUT2D eigenvalue weighted by Gasteiger charge is -2.12. The Morgan fingerprint density at radius 1 is 1.59 bits per heavy atom. The molecule has 0 saturated heterocycles. The largest absolute Gasteiger partial charge is 0.490 e. The summed E-state index contributed by atoms with van der Waals surface area (Å²) in [7, 11) is 1.56. The van der Waals surface area contributed by atoms with Crippen molar-refractivity contribution < 1.29 is 19.0 Å². The topological polar surface area (TPSA) is 58.6 Å². The monoisotopic (exact) mass is 241 g/mol. The maximum atomic E-state index is 13.5. The summed E-state index contributed by atoms with van der Waals surface area (Å²) in [6.45, 7) is 1.80. The van der Waals surface area contributed by atoms with Crippen LogP contribution in [0.4, 0.5) is 4.39 Å². The summed E-state index contributed by atoms with van der Waals surface area (Å²) in [5, 5.41) is 11.4. The van der Waals surface area contributed by atoms with Crippen LogP contribution in [0.25, 0.3) is 0 Å². The molecule has 0 heterocycles. The van der Waals surface area contributed by atoms with Crippen molar-refractivity contribution in [2.75, 3.05) is 13.7 Å². The van der Waals surface area contributed by atoms with Gasteiger partial charge in [0.15, 0.2) is 11.6 Å². The summed E-state index contributed by atoms with van der Waals surface area (Å²) in [5.41, 5.74) is 0.505. The zero-order chi connectivity index (χ0) is 12.8. The summed E-state index contributed by atoms with van der Waals surface area (Å²) in [5.74, 6) is -1.19. The fourth-order valence-electron chi connectivity index (χ4n) is 1.41. The molecule has 5 heteroatoms. The van der Waals surface area contributed by atoms with Crippen LogP contribution in [0.5, 0.6) is 5.75 Å². The van der Waals surface area contributed by atoms with E-state index >= 15 is 0 Å². The van der Waals surface area contributed by atoms with Gasteiger partial charge in [0.05, 0.1) is 6.61 Å². The normalized spacial score (nSPS) is 12.2. The van der Waals surface area contributed by atoms with E-state index in [1.807, 2.05) is 0 Å². The third-order valence-corrected chi connectivity index (χ3v) is 2.47. The molecule has 0 saturated carbocycles. The first-order valence-corrected chi connectivity index (χ1v) is 5.34. The third kappa shape index (κ3) is 3.71. The van der Waals surface area contributed by atoms with Crippen LogP contribution in [0.2, 0.25) is 0 Å². The Morgan fingerprint density at radius 3 is 2.88 bits per heavy atom. The van der Waals surface area contributed by atoms with Gasteiger partial charge < -0.3 is 15.2 Å². The molecular weight excluding hydrogens is 225 g/mol. The number of likely N-dealkylation sites (N-methyl/N-ethyl adjacent to an activating group) is 1. The van der Waals surface area contributed by atoms with Crippen molar-refractivity contribution in [3.05, 3.63) is 29.6 Å². The highest BCUT2D eigenvalue weighted by Gasteiger charge is 2.15. The quantitative estimate of drug-likeness (QED) is 0.793. The second kappa shape index (κ2) is 6.20. The summed E-state index contributed by atoms with van der Waals surface area (Å²) in [6, 6.07) is 4.19. The molecule has 1 aromatic carbocycles. The number of nitrogens with one attached hydrogen (secondary N) is 1. The number of hydrogen-bond donors (Lipinski definition) is 2. The Balaban J connectivity index is 2.51. The molecule has 0 aliphatic rings. The van der Waals surface area contributed by atoms with E-state index in [1.54, 1.807) is 26.1 Å². The molecule has 4 nitrogen and oxygen atoms in total. The van der Waals surface area contributed by atoms with Crippen LogP contribution in [0.3, 0.4) is 0 Å². The van der Waals surface area contributed by atoms with Crippen molar-refractivity contribution in [1.82, 2.24) is 5.32 Å². The molecule has 0 fully saturated rings. The van der Waals surface area contributed by atoms with Gasteiger partial charge in [0.25, 0.3) is 0 Å². The van der Waals surface area contributed by atoms with Gasteiger partial charge in [-0.3, -0.25) is 4.79 Å². The molecule has 0 radical (unpaired) electrons. The van der Waals surface area contributed by atoms with Crippen molar-refractivity contribution in [2.24, 2.45) is 0 Å². The van der Waals surface area contributed by atoms with Gasteiger partial charge in [-0.1, -0.05) is 12.1 Å². The maximum Gasteiger partial charge on any atom is 0.320 e. The molecule has 0 aromatic heterocycles. The predicted molar refractivity (Wildman–Crippen MR) is 61.7 cm³/mol. The lowest BCUT2D eigenvalue weighted by atomic mass is 10.2. The van der Waals surface area contributed by atoms with Crippen LogP contribution >= 0.6 is 0 Å². The molecule has 0 bridgehead atoms. The van der Waals surface area contributed by atoms with Gasteiger partial charge >= 0.3 is 5.97 Å². The average Bonchev–Trinajstić information content (AvgIpc) is 2.29. The van der Waals surface area contributed by atoms with Crippen LogP contribution in [-0.4, -0.2) is 30.8 Å². The van der Waals surface area contributed by atoms with E-state index in [2.05, 4.69) is 5.32 Å². The minimum absolute atomic E-state index is 0.151. The first-order valence-electron chi connectivity index (χ1n) is 5.34. The zero-order valence-corrected chi connectivity index (χ0v) is 9.87. The Morgan fingerprint density at radius 2 is 2.29 bits per heavy atom. The van der Waals surface area contributed by atoms with Crippen LogP contribution in [0.15, 0.2) is 18.2 Å². The highest BCUT2D eigenvalue weighted by atomic mass is 19.1. The molecule has 1 unspecified atom stereocenters. The number of carboxylic acids is 1. The molecular formula is C12H16FNO3. The summed E-state index contributed by atoms with van der Waals surface area (Å²) >= 11 is 0. The highest BCUT2D eigenvalue weighted by Crippen LogP contribution is 2.19. The fraction of sp³-hybridized carbons (Fsp3) is 0.417. The molecule has 1 rings (SSSR count). The number of carboxylic acid groups (broad SMARTS) is 1. The van der Waals surface area contributed by atoms with E-state index in [0.29, 0.717) is 5.56 Å². The molecule has 0 spiro atoms. The minimum atomic E-state index is -0.944. The Labute approximate surface area is 99.4 Å². The Kier molecular flexibility index (Phi) is 4.90. The third-order valence-electron chi connectivity index (χ3n) is 2.47. The van der Waals surface area contributed by atoms with Crippen LogP contribution in [-0.2, 0) is 4.79 Å². The van der Waals surface area contributed by atoms with E-state index in [9.17, 15) is 9.18 Å². The lowest BCUT2D eigenvalue weighted by molar-refractivity contribution is -0.139. The molecule has 94 valence electrons. The molecule has 17 heavy (non-hydrogen) atoms. The number of halogens is 1. The molecule has 2 N–H and O–H groups in total. The van der Waals surface area contributed by atoms with E-state index in [4.69, 9.17) is 9.84 Å². The number of aryl methyl sites for hydroxylation is 1. The summed E-state index contributed by atoms with van der Waals surface area (Å²) in [6.07, 6.45) is 0.277. The Bertz CT molecular complexity index is 395. The molecule has 0 aliphatic heterocycles. The zero-order valence-electron chi connectivity index (χ0n) is 9.87. The van der Waals surface area contributed by atoms with Gasteiger partial charge in [-0.25, -0.2) is 4.39 Å².